The van der Waals surface area contributed by atoms with Crippen LogP contribution in [-0.2, 0) is 9.53 Å². The van der Waals surface area contributed by atoms with E-state index in [4.69, 9.17) is 9.84 Å². The lowest BCUT2D eigenvalue weighted by Gasteiger charge is -2.49. The first-order valence-electron chi connectivity index (χ1n) is 8.87. The molecule has 0 bridgehead atoms. The first-order valence-corrected chi connectivity index (χ1v) is 9.78. The fourth-order valence-corrected chi connectivity index (χ4v) is 5.65. The van der Waals surface area contributed by atoms with E-state index < -0.39 is 5.97 Å². The predicted molar refractivity (Wildman–Crippen MR) is 89.0 cm³/mol. The van der Waals surface area contributed by atoms with Crippen LogP contribution < -0.4 is 5.32 Å². The Hall–Kier alpha value is -0.130. The molecule has 0 aromatic heterocycles. The summed E-state index contributed by atoms with van der Waals surface area (Å²) in [5, 5.41) is 12.5. The number of hydrogen-bond donors (Lipinski definition) is 2. The summed E-state index contributed by atoms with van der Waals surface area (Å²) in [5.74, 6) is 1.37. The van der Waals surface area contributed by atoms with E-state index in [1.165, 1.54) is 51.4 Å². The Balaban J connectivity index is 1.68. The van der Waals surface area contributed by atoms with Crippen LogP contribution in [0, 0.1) is 17.8 Å². The second kappa shape index (κ2) is 7.63. The van der Waals surface area contributed by atoms with Gasteiger partial charge < -0.3 is 9.84 Å². The van der Waals surface area contributed by atoms with Gasteiger partial charge in [0.15, 0.2) is 0 Å². The van der Waals surface area contributed by atoms with Gasteiger partial charge in [0.25, 0.3) is 0 Å². The predicted octanol–water partition coefficient (Wildman–Crippen LogP) is 3.54. The monoisotopic (exact) mass is 373 g/mol. The third kappa shape index (κ3) is 4.04. The Kier molecular flexibility index (Phi) is 5.80. The maximum absolute atomic E-state index is 10.8. The molecular weight excluding hydrogens is 346 g/mol. The molecule has 5 atom stereocenters. The smallest absolute Gasteiger partial charge is 0.329 e. The molecule has 3 rings (SSSR count). The van der Waals surface area contributed by atoms with Gasteiger partial charge in [-0.05, 0) is 43.4 Å². The minimum Gasteiger partial charge on any atom is -0.480 e. The zero-order valence-electron chi connectivity index (χ0n) is 13.2. The Labute approximate surface area is 141 Å². The van der Waals surface area contributed by atoms with Crippen molar-refractivity contribution in [1.29, 1.82) is 0 Å². The summed E-state index contributed by atoms with van der Waals surface area (Å²) in [6.45, 7) is -0.187. The van der Waals surface area contributed by atoms with Crippen LogP contribution in [0.25, 0.3) is 0 Å². The van der Waals surface area contributed by atoms with Gasteiger partial charge >= 0.3 is 5.97 Å². The molecular formula is C17H28BrNO3. The number of carboxylic acid groups (broad SMARTS) is 1. The van der Waals surface area contributed by atoms with Crippen molar-refractivity contribution >= 4 is 21.9 Å². The molecule has 5 heteroatoms. The van der Waals surface area contributed by atoms with Crippen LogP contribution in [-0.4, -0.2) is 34.8 Å². The van der Waals surface area contributed by atoms with Gasteiger partial charge in [0.2, 0.25) is 0 Å². The number of ether oxygens (including phenoxy) is 1. The van der Waals surface area contributed by atoms with Crippen LogP contribution in [0.15, 0.2) is 0 Å². The van der Waals surface area contributed by atoms with Gasteiger partial charge in [-0.2, -0.15) is 0 Å². The highest BCUT2D eigenvalue weighted by atomic mass is 79.9. The molecule has 1 aliphatic heterocycles. The molecule has 1 heterocycles. The van der Waals surface area contributed by atoms with E-state index in [9.17, 15) is 4.79 Å². The zero-order chi connectivity index (χ0) is 15.5. The number of alkyl halides is 1. The van der Waals surface area contributed by atoms with Gasteiger partial charge in [-0.25, -0.2) is 4.79 Å². The summed E-state index contributed by atoms with van der Waals surface area (Å²) in [6, 6.07) is 0.508. The molecule has 3 aliphatic rings. The highest BCUT2D eigenvalue weighted by Gasteiger charge is 2.44. The second-order valence-electron chi connectivity index (χ2n) is 7.34. The van der Waals surface area contributed by atoms with E-state index in [1.807, 2.05) is 0 Å². The number of piperidine rings is 1. The molecule has 0 aromatic carbocycles. The number of halogens is 1. The fourth-order valence-electron chi connectivity index (χ4n) is 4.95. The molecule has 2 saturated carbocycles. The van der Waals surface area contributed by atoms with Crippen molar-refractivity contribution in [1.82, 2.24) is 5.32 Å². The van der Waals surface area contributed by atoms with E-state index in [-0.39, 0.29) is 12.8 Å². The fraction of sp³-hybridized carbons (Fsp3) is 0.941. The second-order valence-corrected chi connectivity index (χ2v) is 8.63. The summed E-state index contributed by atoms with van der Waals surface area (Å²) in [7, 11) is 0. The Morgan fingerprint density at radius 2 is 1.86 bits per heavy atom. The summed E-state index contributed by atoms with van der Waals surface area (Å²) in [4.78, 5) is 11.4. The average Bonchev–Trinajstić information content (AvgIpc) is 2.53. The third-order valence-electron chi connectivity index (χ3n) is 5.94. The Morgan fingerprint density at radius 3 is 2.59 bits per heavy atom. The number of hydrogen-bond acceptors (Lipinski definition) is 3. The highest BCUT2D eigenvalue weighted by Crippen LogP contribution is 2.45. The van der Waals surface area contributed by atoms with Crippen molar-refractivity contribution < 1.29 is 14.6 Å². The molecule has 126 valence electrons. The highest BCUT2D eigenvalue weighted by molar-refractivity contribution is 9.09. The number of carbonyl (C=O) groups is 1. The van der Waals surface area contributed by atoms with Gasteiger partial charge in [0.05, 0.1) is 0 Å². The third-order valence-corrected chi connectivity index (χ3v) is 6.77. The van der Waals surface area contributed by atoms with Crippen molar-refractivity contribution in [2.45, 2.75) is 74.9 Å². The number of aliphatic carboxylic acids is 1. The van der Waals surface area contributed by atoms with Crippen LogP contribution in [0.1, 0.15) is 57.8 Å². The van der Waals surface area contributed by atoms with E-state index in [0.29, 0.717) is 16.8 Å². The molecule has 3 fully saturated rings. The molecule has 0 radical (unpaired) electrons. The van der Waals surface area contributed by atoms with Gasteiger partial charge in [-0.15, -0.1) is 0 Å². The average molecular weight is 374 g/mol. The molecule has 22 heavy (non-hydrogen) atoms. The minimum absolute atomic E-state index is 0.0730. The van der Waals surface area contributed by atoms with Gasteiger partial charge in [-0.1, -0.05) is 48.0 Å². The van der Waals surface area contributed by atoms with Crippen LogP contribution in [0.3, 0.4) is 0 Å². The number of fused-ring (bicyclic) bond motifs is 1. The van der Waals surface area contributed by atoms with Crippen LogP contribution in [0.4, 0.5) is 0 Å². The molecule has 5 unspecified atom stereocenters. The van der Waals surface area contributed by atoms with E-state index >= 15 is 0 Å². The lowest BCUT2D eigenvalue weighted by Crippen LogP contribution is -2.56. The quantitative estimate of drug-likeness (QED) is 0.739. The molecule has 1 saturated heterocycles. The standard InChI is InChI=1S/C17H28BrNO3/c18-12-6-7-15-14(8-12)13(11-4-2-1-3-5-11)9-16(19-15)22-10-17(20)21/h11-16,19H,1-10H2,(H,20,21). The Morgan fingerprint density at radius 1 is 1.09 bits per heavy atom. The topological polar surface area (TPSA) is 58.6 Å². The molecule has 2 aliphatic carbocycles. The molecule has 2 N–H and O–H groups in total. The van der Waals surface area contributed by atoms with E-state index in [0.717, 1.165) is 18.3 Å². The molecule has 0 amide bonds. The number of nitrogens with one attached hydrogen (secondary N) is 1. The van der Waals surface area contributed by atoms with E-state index in [2.05, 4.69) is 21.2 Å². The number of carboxylic acids is 1. The van der Waals surface area contributed by atoms with Crippen LogP contribution in [0.2, 0.25) is 0 Å². The zero-order valence-corrected chi connectivity index (χ0v) is 14.8. The largest absolute Gasteiger partial charge is 0.480 e. The maximum Gasteiger partial charge on any atom is 0.329 e. The SMILES string of the molecule is O=C(O)COC1CC(C2CCCCC2)C2CC(Br)CCC2N1. The van der Waals surface area contributed by atoms with Crippen molar-refractivity contribution in [2.24, 2.45) is 17.8 Å². The summed E-state index contributed by atoms with van der Waals surface area (Å²) in [6.07, 6.45) is 11.4. The van der Waals surface area contributed by atoms with Crippen LogP contribution >= 0.6 is 15.9 Å². The lowest BCUT2D eigenvalue weighted by molar-refractivity contribution is -0.148. The first kappa shape index (κ1) is 16.7. The molecule has 4 nitrogen and oxygen atoms in total. The summed E-state index contributed by atoms with van der Waals surface area (Å²) >= 11 is 3.83. The minimum atomic E-state index is -0.873. The van der Waals surface area contributed by atoms with E-state index in [1.54, 1.807) is 0 Å². The summed E-state index contributed by atoms with van der Waals surface area (Å²) in [5.41, 5.74) is 0. The van der Waals surface area contributed by atoms with Crippen molar-refractivity contribution in [2.75, 3.05) is 6.61 Å². The normalized spacial score (nSPS) is 40.1. The van der Waals surface area contributed by atoms with Crippen molar-refractivity contribution in [3.8, 4) is 0 Å². The van der Waals surface area contributed by atoms with Crippen molar-refractivity contribution in [3.05, 3.63) is 0 Å². The van der Waals surface area contributed by atoms with Crippen LogP contribution in [0.5, 0.6) is 0 Å². The maximum atomic E-state index is 10.8. The Bertz CT molecular complexity index is 386. The molecule has 0 spiro atoms. The molecule has 0 aromatic rings. The van der Waals surface area contributed by atoms with Gasteiger partial charge in [0.1, 0.15) is 12.8 Å². The summed E-state index contributed by atoms with van der Waals surface area (Å²) < 4.78 is 5.62. The van der Waals surface area contributed by atoms with Gasteiger partial charge in [-0.3, -0.25) is 5.32 Å². The lowest BCUT2D eigenvalue weighted by atomic mass is 9.64. The van der Waals surface area contributed by atoms with Crippen molar-refractivity contribution in [3.63, 3.8) is 0 Å². The first-order chi connectivity index (χ1) is 10.6. The number of rotatable bonds is 4. The van der Waals surface area contributed by atoms with Gasteiger partial charge in [0, 0.05) is 10.9 Å².